The molecular formula is C27H34N6O. The van der Waals surface area contributed by atoms with Gasteiger partial charge in [-0.1, -0.05) is 36.8 Å². The SMILES string of the molecule is CCCN1CCN(CCNC(=O)c2cccc(Nc3ccc(-c4cccc(C)c4)nn3)c2)CC1. The fourth-order valence-corrected chi connectivity index (χ4v) is 4.23. The van der Waals surface area contributed by atoms with Crippen LogP contribution in [0.25, 0.3) is 11.3 Å². The first-order valence-electron chi connectivity index (χ1n) is 12.1. The van der Waals surface area contributed by atoms with E-state index in [1.54, 1.807) is 0 Å². The molecule has 0 aliphatic carbocycles. The molecule has 1 amide bonds. The Labute approximate surface area is 202 Å². The van der Waals surface area contributed by atoms with Crippen molar-refractivity contribution in [1.82, 2.24) is 25.3 Å². The topological polar surface area (TPSA) is 73.4 Å². The van der Waals surface area contributed by atoms with Crippen LogP contribution in [0.3, 0.4) is 0 Å². The summed E-state index contributed by atoms with van der Waals surface area (Å²) in [5.41, 5.74) is 4.49. The summed E-state index contributed by atoms with van der Waals surface area (Å²) in [6.45, 7) is 11.4. The molecule has 178 valence electrons. The average Bonchev–Trinajstić information content (AvgIpc) is 2.86. The molecule has 1 aliphatic rings. The molecule has 1 aliphatic heterocycles. The molecule has 0 radical (unpaired) electrons. The predicted octanol–water partition coefficient (Wildman–Crippen LogP) is 3.95. The number of nitrogens with one attached hydrogen (secondary N) is 2. The van der Waals surface area contributed by atoms with Gasteiger partial charge in [0.2, 0.25) is 0 Å². The third kappa shape index (κ3) is 6.62. The smallest absolute Gasteiger partial charge is 0.251 e. The summed E-state index contributed by atoms with van der Waals surface area (Å²) in [6, 6.07) is 19.5. The van der Waals surface area contributed by atoms with Crippen LogP contribution < -0.4 is 10.6 Å². The minimum atomic E-state index is -0.0610. The molecule has 1 saturated heterocycles. The van der Waals surface area contributed by atoms with Crippen LogP contribution in [0.15, 0.2) is 60.7 Å². The van der Waals surface area contributed by atoms with Crippen molar-refractivity contribution in [3.63, 3.8) is 0 Å². The van der Waals surface area contributed by atoms with Crippen LogP contribution in [-0.4, -0.2) is 71.7 Å². The Morgan fingerprint density at radius 3 is 2.38 bits per heavy atom. The Hall–Kier alpha value is -3.29. The van der Waals surface area contributed by atoms with Gasteiger partial charge in [0.1, 0.15) is 0 Å². The van der Waals surface area contributed by atoms with Crippen LogP contribution >= 0.6 is 0 Å². The van der Waals surface area contributed by atoms with Crippen LogP contribution in [-0.2, 0) is 0 Å². The zero-order chi connectivity index (χ0) is 23.8. The first-order valence-corrected chi connectivity index (χ1v) is 12.1. The van der Waals surface area contributed by atoms with Crippen molar-refractivity contribution in [3.05, 3.63) is 71.8 Å². The molecule has 4 rings (SSSR count). The van der Waals surface area contributed by atoms with E-state index < -0.39 is 0 Å². The van der Waals surface area contributed by atoms with Gasteiger partial charge in [-0.15, -0.1) is 10.2 Å². The number of carbonyl (C=O) groups is 1. The van der Waals surface area contributed by atoms with Gasteiger partial charge in [0.15, 0.2) is 5.82 Å². The average molecular weight is 459 g/mol. The van der Waals surface area contributed by atoms with E-state index in [9.17, 15) is 4.79 Å². The maximum Gasteiger partial charge on any atom is 0.251 e. The summed E-state index contributed by atoms with van der Waals surface area (Å²) < 4.78 is 0. The fraction of sp³-hybridized carbons (Fsp3) is 0.370. The molecule has 7 nitrogen and oxygen atoms in total. The molecule has 1 fully saturated rings. The van der Waals surface area contributed by atoms with Gasteiger partial charge in [-0.3, -0.25) is 9.69 Å². The first-order chi connectivity index (χ1) is 16.6. The highest BCUT2D eigenvalue weighted by Crippen LogP contribution is 2.20. The van der Waals surface area contributed by atoms with E-state index in [-0.39, 0.29) is 5.91 Å². The Kier molecular flexibility index (Phi) is 8.22. The Balaban J connectivity index is 1.27. The Morgan fingerprint density at radius 2 is 1.68 bits per heavy atom. The van der Waals surface area contributed by atoms with Crippen LogP contribution in [0.4, 0.5) is 11.5 Å². The van der Waals surface area contributed by atoms with Gasteiger partial charge in [-0.25, -0.2) is 0 Å². The van der Waals surface area contributed by atoms with Gasteiger partial charge in [0.05, 0.1) is 5.69 Å². The maximum absolute atomic E-state index is 12.7. The number of aryl methyl sites for hydroxylation is 1. The maximum atomic E-state index is 12.7. The third-order valence-corrected chi connectivity index (χ3v) is 6.09. The van der Waals surface area contributed by atoms with Crippen LogP contribution in [0, 0.1) is 6.92 Å². The normalized spacial score (nSPS) is 14.6. The Bertz CT molecular complexity index is 1080. The van der Waals surface area contributed by atoms with Crippen LogP contribution in [0.1, 0.15) is 29.3 Å². The summed E-state index contributed by atoms with van der Waals surface area (Å²) in [6.07, 6.45) is 1.20. The van der Waals surface area contributed by atoms with E-state index >= 15 is 0 Å². The van der Waals surface area contributed by atoms with Crippen molar-refractivity contribution in [2.24, 2.45) is 0 Å². The number of aromatic nitrogens is 2. The lowest BCUT2D eigenvalue weighted by Gasteiger charge is -2.34. The lowest BCUT2D eigenvalue weighted by atomic mass is 10.1. The number of amides is 1. The summed E-state index contributed by atoms with van der Waals surface area (Å²) in [5, 5.41) is 14.9. The van der Waals surface area contributed by atoms with E-state index in [1.807, 2.05) is 48.5 Å². The van der Waals surface area contributed by atoms with Crippen molar-refractivity contribution >= 4 is 17.4 Å². The number of hydrogen-bond acceptors (Lipinski definition) is 6. The molecule has 1 aromatic heterocycles. The van der Waals surface area contributed by atoms with E-state index in [0.717, 1.165) is 49.7 Å². The van der Waals surface area contributed by atoms with Crippen LogP contribution in [0.2, 0.25) is 0 Å². The number of anilines is 2. The Morgan fingerprint density at radius 1 is 0.912 bits per heavy atom. The van der Waals surface area contributed by atoms with Crippen molar-refractivity contribution in [2.45, 2.75) is 20.3 Å². The lowest BCUT2D eigenvalue weighted by molar-refractivity contribution is 0.0936. The van der Waals surface area contributed by atoms with Gasteiger partial charge in [0, 0.05) is 56.1 Å². The lowest BCUT2D eigenvalue weighted by Crippen LogP contribution is -2.48. The van der Waals surface area contributed by atoms with Crippen molar-refractivity contribution < 1.29 is 4.79 Å². The molecule has 0 spiro atoms. The minimum absolute atomic E-state index is 0.0610. The van der Waals surface area contributed by atoms with E-state index in [0.29, 0.717) is 17.9 Å². The van der Waals surface area contributed by atoms with Gasteiger partial charge in [-0.05, 0) is 56.3 Å². The molecule has 2 N–H and O–H groups in total. The van der Waals surface area contributed by atoms with Crippen molar-refractivity contribution in [3.8, 4) is 11.3 Å². The number of benzene rings is 2. The van der Waals surface area contributed by atoms with E-state index in [2.05, 4.69) is 56.6 Å². The number of rotatable bonds is 9. The molecule has 2 heterocycles. The summed E-state index contributed by atoms with van der Waals surface area (Å²) >= 11 is 0. The molecular weight excluding hydrogens is 424 g/mol. The quantitative estimate of drug-likeness (QED) is 0.506. The monoisotopic (exact) mass is 458 g/mol. The molecule has 0 bridgehead atoms. The zero-order valence-corrected chi connectivity index (χ0v) is 20.1. The van der Waals surface area contributed by atoms with Crippen molar-refractivity contribution in [2.75, 3.05) is 51.1 Å². The van der Waals surface area contributed by atoms with Gasteiger partial charge < -0.3 is 15.5 Å². The molecule has 34 heavy (non-hydrogen) atoms. The number of carbonyl (C=O) groups excluding carboxylic acids is 1. The number of piperazine rings is 1. The predicted molar refractivity (Wildman–Crippen MR) is 137 cm³/mol. The molecule has 7 heteroatoms. The molecule has 3 aromatic rings. The van der Waals surface area contributed by atoms with Gasteiger partial charge in [0.25, 0.3) is 5.91 Å². The molecule has 2 aromatic carbocycles. The summed E-state index contributed by atoms with van der Waals surface area (Å²) in [5.74, 6) is 0.574. The molecule has 0 saturated carbocycles. The van der Waals surface area contributed by atoms with E-state index in [4.69, 9.17) is 0 Å². The minimum Gasteiger partial charge on any atom is -0.351 e. The molecule has 0 atom stereocenters. The standard InChI is InChI=1S/C27H34N6O/c1-3-13-32-15-17-33(18-16-32)14-12-28-27(34)23-8-5-9-24(20-23)29-26-11-10-25(30-31-26)22-7-4-6-21(2)19-22/h4-11,19-20H,3,12-18H2,1-2H3,(H,28,34)(H,29,31). The fourth-order valence-electron chi connectivity index (χ4n) is 4.23. The highest BCUT2D eigenvalue weighted by molar-refractivity contribution is 5.95. The summed E-state index contributed by atoms with van der Waals surface area (Å²) in [7, 11) is 0. The third-order valence-electron chi connectivity index (χ3n) is 6.09. The van der Waals surface area contributed by atoms with Crippen LogP contribution in [0.5, 0.6) is 0 Å². The number of nitrogens with zero attached hydrogens (tertiary/aromatic N) is 4. The largest absolute Gasteiger partial charge is 0.351 e. The zero-order valence-electron chi connectivity index (χ0n) is 20.1. The van der Waals surface area contributed by atoms with Gasteiger partial charge in [-0.2, -0.15) is 0 Å². The summed E-state index contributed by atoms with van der Waals surface area (Å²) in [4.78, 5) is 17.6. The second kappa shape index (κ2) is 11.7. The highest BCUT2D eigenvalue weighted by atomic mass is 16.1. The van der Waals surface area contributed by atoms with Gasteiger partial charge >= 0.3 is 0 Å². The second-order valence-electron chi connectivity index (χ2n) is 8.82. The highest BCUT2D eigenvalue weighted by Gasteiger charge is 2.16. The molecule has 0 unspecified atom stereocenters. The first kappa shape index (κ1) is 23.9. The second-order valence-corrected chi connectivity index (χ2v) is 8.82. The van der Waals surface area contributed by atoms with E-state index in [1.165, 1.54) is 18.5 Å². The van der Waals surface area contributed by atoms with Crippen molar-refractivity contribution in [1.29, 1.82) is 0 Å². The number of hydrogen-bond donors (Lipinski definition) is 2.